The third kappa shape index (κ3) is 2.18. The van der Waals surface area contributed by atoms with Crippen LogP contribution in [0.25, 0.3) is 0 Å². The van der Waals surface area contributed by atoms with E-state index in [4.69, 9.17) is 16.3 Å². The zero-order chi connectivity index (χ0) is 10.8. The Morgan fingerprint density at radius 3 is 2.93 bits per heavy atom. The fourth-order valence-corrected chi connectivity index (χ4v) is 0.981. The molecule has 0 aliphatic heterocycles. The first-order chi connectivity index (χ1) is 7.15. The van der Waals surface area contributed by atoms with Crippen LogP contribution in [0.4, 0.5) is 4.39 Å². The van der Waals surface area contributed by atoms with Crippen LogP contribution in [0.3, 0.4) is 0 Å². The molecule has 0 radical (unpaired) electrons. The molecule has 2 rings (SSSR count). The smallest absolute Gasteiger partial charge is 0.342 e. The minimum atomic E-state index is -0.730. The molecule has 2 heterocycles. The lowest BCUT2D eigenvalue weighted by Crippen LogP contribution is -1.96. The van der Waals surface area contributed by atoms with E-state index in [1.165, 1.54) is 11.0 Å². The third-order valence-electron chi connectivity index (χ3n) is 1.45. The number of rotatable bonds is 2. The standard InChI is InChI=1S/C7H5ClFN5O/c1-14-3-11-7(13-14)15-5-4(9)2-10-6(8)12-5/h2-3H,1H3. The number of hydrogen-bond acceptors (Lipinski definition) is 5. The molecule has 0 atom stereocenters. The summed E-state index contributed by atoms with van der Waals surface area (Å²) in [6.07, 6.45) is 2.32. The molecule has 0 aliphatic rings. The molecule has 8 heteroatoms. The lowest BCUT2D eigenvalue weighted by Gasteiger charge is -2.00. The molecular weight excluding hydrogens is 225 g/mol. The fraction of sp³-hybridized carbons (Fsp3) is 0.143. The topological polar surface area (TPSA) is 65.7 Å². The third-order valence-corrected chi connectivity index (χ3v) is 1.63. The second kappa shape index (κ2) is 3.77. The molecule has 0 saturated heterocycles. The van der Waals surface area contributed by atoms with Gasteiger partial charge in [-0.25, -0.2) is 4.98 Å². The summed E-state index contributed by atoms with van der Waals surface area (Å²) >= 11 is 5.47. The molecule has 0 fully saturated rings. The molecule has 0 amide bonds. The van der Waals surface area contributed by atoms with Crippen molar-refractivity contribution in [1.82, 2.24) is 24.7 Å². The van der Waals surface area contributed by atoms with Gasteiger partial charge in [-0.2, -0.15) is 14.4 Å². The summed E-state index contributed by atoms with van der Waals surface area (Å²) in [7, 11) is 1.66. The Labute approximate surface area is 88.7 Å². The minimum absolute atomic E-state index is 0.00818. The van der Waals surface area contributed by atoms with Crippen molar-refractivity contribution < 1.29 is 9.13 Å². The van der Waals surface area contributed by atoms with Gasteiger partial charge in [-0.1, -0.05) is 0 Å². The number of halogens is 2. The van der Waals surface area contributed by atoms with E-state index in [1.54, 1.807) is 7.05 Å². The van der Waals surface area contributed by atoms with Gasteiger partial charge in [0.25, 0.3) is 5.88 Å². The van der Waals surface area contributed by atoms with Crippen LogP contribution in [-0.4, -0.2) is 24.7 Å². The number of aromatic nitrogens is 5. The van der Waals surface area contributed by atoms with Gasteiger partial charge in [0.1, 0.15) is 6.33 Å². The lowest BCUT2D eigenvalue weighted by atomic mass is 10.6. The molecule has 15 heavy (non-hydrogen) atoms. The van der Waals surface area contributed by atoms with Crippen molar-refractivity contribution >= 4 is 11.6 Å². The van der Waals surface area contributed by atoms with Gasteiger partial charge in [0.2, 0.25) is 11.1 Å². The van der Waals surface area contributed by atoms with E-state index < -0.39 is 5.82 Å². The van der Waals surface area contributed by atoms with E-state index in [9.17, 15) is 4.39 Å². The van der Waals surface area contributed by atoms with Crippen LogP contribution in [-0.2, 0) is 7.05 Å². The summed E-state index contributed by atoms with van der Waals surface area (Å²) < 4.78 is 19.5. The predicted molar refractivity (Wildman–Crippen MR) is 48.1 cm³/mol. The van der Waals surface area contributed by atoms with E-state index >= 15 is 0 Å². The molecule has 0 N–H and O–H groups in total. The monoisotopic (exact) mass is 229 g/mol. The molecule has 0 aliphatic carbocycles. The number of hydrogen-bond donors (Lipinski definition) is 0. The van der Waals surface area contributed by atoms with Crippen LogP contribution in [0.15, 0.2) is 12.5 Å². The summed E-state index contributed by atoms with van der Waals surface area (Å²) in [6.45, 7) is 0. The highest BCUT2D eigenvalue weighted by molar-refractivity contribution is 6.28. The van der Waals surface area contributed by atoms with Crippen LogP contribution in [0, 0.1) is 5.82 Å². The first-order valence-corrected chi connectivity index (χ1v) is 4.24. The Kier molecular flexibility index (Phi) is 2.46. The average Bonchev–Trinajstić information content (AvgIpc) is 2.58. The zero-order valence-corrected chi connectivity index (χ0v) is 8.31. The Bertz CT molecular complexity index is 488. The fourth-order valence-electron chi connectivity index (χ4n) is 0.856. The molecule has 0 bridgehead atoms. The van der Waals surface area contributed by atoms with Gasteiger partial charge >= 0.3 is 6.01 Å². The maximum absolute atomic E-state index is 13.1. The molecule has 0 spiro atoms. The molecule has 0 aromatic carbocycles. The Morgan fingerprint density at radius 1 is 1.47 bits per heavy atom. The van der Waals surface area contributed by atoms with Crippen molar-refractivity contribution in [3.63, 3.8) is 0 Å². The summed E-state index contributed by atoms with van der Waals surface area (Å²) in [5.74, 6) is -1.03. The molecule has 0 unspecified atom stereocenters. The Hall–Kier alpha value is -1.76. The molecule has 78 valence electrons. The van der Waals surface area contributed by atoms with Crippen LogP contribution < -0.4 is 4.74 Å². The van der Waals surface area contributed by atoms with Crippen molar-refractivity contribution in [1.29, 1.82) is 0 Å². The van der Waals surface area contributed by atoms with E-state index in [0.29, 0.717) is 0 Å². The van der Waals surface area contributed by atoms with E-state index in [1.807, 2.05) is 0 Å². The first kappa shape index (κ1) is 9.78. The molecular formula is C7H5ClFN5O. The predicted octanol–water partition coefficient (Wildman–Crippen LogP) is 1.19. The molecule has 2 aromatic rings. The second-order valence-corrected chi connectivity index (χ2v) is 2.93. The second-order valence-electron chi connectivity index (χ2n) is 2.59. The number of nitrogens with zero attached hydrogens (tertiary/aromatic N) is 5. The van der Waals surface area contributed by atoms with Gasteiger partial charge in [0.05, 0.1) is 6.20 Å². The highest BCUT2D eigenvalue weighted by atomic mass is 35.5. The number of ether oxygens (including phenoxy) is 1. The molecule has 2 aromatic heterocycles. The van der Waals surface area contributed by atoms with Gasteiger partial charge < -0.3 is 4.74 Å². The summed E-state index contributed by atoms with van der Waals surface area (Å²) in [6, 6.07) is -0.00818. The van der Waals surface area contributed by atoms with E-state index in [-0.39, 0.29) is 17.2 Å². The molecule has 0 saturated carbocycles. The zero-order valence-electron chi connectivity index (χ0n) is 7.55. The normalized spacial score (nSPS) is 10.3. The maximum atomic E-state index is 13.1. The van der Waals surface area contributed by atoms with Crippen molar-refractivity contribution in [2.75, 3.05) is 0 Å². The SMILES string of the molecule is Cn1cnc(Oc2nc(Cl)ncc2F)n1. The van der Waals surface area contributed by atoms with Gasteiger partial charge in [0, 0.05) is 7.05 Å². The minimum Gasteiger partial charge on any atom is -0.401 e. The van der Waals surface area contributed by atoms with Crippen LogP contribution in [0.1, 0.15) is 0 Å². The van der Waals surface area contributed by atoms with Crippen molar-refractivity contribution in [2.24, 2.45) is 7.05 Å². The Balaban J connectivity index is 2.27. The highest BCUT2D eigenvalue weighted by Crippen LogP contribution is 2.19. The molecule has 6 nitrogen and oxygen atoms in total. The lowest BCUT2D eigenvalue weighted by molar-refractivity contribution is 0.390. The van der Waals surface area contributed by atoms with Crippen molar-refractivity contribution in [3.8, 4) is 11.9 Å². The van der Waals surface area contributed by atoms with E-state index in [0.717, 1.165) is 6.20 Å². The van der Waals surface area contributed by atoms with E-state index in [2.05, 4.69) is 20.1 Å². The van der Waals surface area contributed by atoms with Gasteiger partial charge in [0.15, 0.2) is 0 Å². The first-order valence-electron chi connectivity index (χ1n) is 3.86. The van der Waals surface area contributed by atoms with Gasteiger partial charge in [-0.3, -0.25) is 4.68 Å². The van der Waals surface area contributed by atoms with Crippen LogP contribution in [0.2, 0.25) is 5.28 Å². The number of aryl methyl sites for hydroxylation is 1. The van der Waals surface area contributed by atoms with Gasteiger partial charge in [-0.05, 0) is 11.6 Å². The van der Waals surface area contributed by atoms with Gasteiger partial charge in [-0.15, -0.1) is 5.10 Å². The maximum Gasteiger partial charge on any atom is 0.342 e. The van der Waals surface area contributed by atoms with Crippen molar-refractivity contribution in [2.45, 2.75) is 0 Å². The van der Waals surface area contributed by atoms with Crippen molar-refractivity contribution in [3.05, 3.63) is 23.6 Å². The average molecular weight is 230 g/mol. The summed E-state index contributed by atoms with van der Waals surface area (Å²) in [5.41, 5.74) is 0. The largest absolute Gasteiger partial charge is 0.401 e. The highest BCUT2D eigenvalue weighted by Gasteiger charge is 2.10. The quantitative estimate of drug-likeness (QED) is 0.724. The summed E-state index contributed by atoms with van der Waals surface area (Å²) in [5, 5.41) is 3.68. The van der Waals surface area contributed by atoms with Crippen LogP contribution >= 0.6 is 11.6 Å². The Morgan fingerprint density at radius 2 is 2.27 bits per heavy atom. The summed E-state index contributed by atoms with van der Waals surface area (Å²) in [4.78, 5) is 10.7. The van der Waals surface area contributed by atoms with Crippen LogP contribution in [0.5, 0.6) is 11.9 Å².